The molecule has 0 unspecified atom stereocenters. The number of hydrogen-bond donors (Lipinski definition) is 2. The second kappa shape index (κ2) is 5.05. The van der Waals surface area contributed by atoms with Crippen LogP contribution in [0.4, 0.5) is 10.1 Å². The molecule has 1 aliphatic rings. The summed E-state index contributed by atoms with van der Waals surface area (Å²) in [6.07, 6.45) is 4.59. The second-order valence-electron chi connectivity index (χ2n) is 4.54. The molecule has 2 N–H and O–H groups in total. The first kappa shape index (κ1) is 12.4. The summed E-state index contributed by atoms with van der Waals surface area (Å²) >= 11 is 0. The van der Waals surface area contributed by atoms with Crippen molar-refractivity contribution < 1.29 is 4.39 Å². The van der Waals surface area contributed by atoms with E-state index in [9.17, 15) is 4.39 Å². The van der Waals surface area contributed by atoms with E-state index < -0.39 is 0 Å². The van der Waals surface area contributed by atoms with Gasteiger partial charge in [0.1, 0.15) is 5.82 Å². The lowest BCUT2D eigenvalue weighted by Crippen LogP contribution is -2.19. The Morgan fingerprint density at radius 2 is 1.71 bits per heavy atom. The molecule has 0 fully saturated rings. The molecular formula is C14H21FN2. The van der Waals surface area contributed by atoms with Gasteiger partial charge in [0.15, 0.2) is 0 Å². The maximum Gasteiger partial charge on any atom is 0.130 e. The van der Waals surface area contributed by atoms with E-state index in [1.54, 1.807) is 0 Å². The molecule has 0 aromatic heterocycles. The van der Waals surface area contributed by atoms with Gasteiger partial charge < -0.3 is 5.43 Å². The van der Waals surface area contributed by atoms with Crippen LogP contribution in [-0.4, -0.2) is 7.05 Å². The molecular weight excluding hydrogens is 215 g/mol. The number of fused-ring (bicyclic) bond motifs is 1. The van der Waals surface area contributed by atoms with Gasteiger partial charge in [0.2, 0.25) is 0 Å². The highest BCUT2D eigenvalue weighted by Gasteiger charge is 2.25. The van der Waals surface area contributed by atoms with E-state index in [1.165, 1.54) is 5.56 Å². The highest BCUT2D eigenvalue weighted by atomic mass is 19.1. The van der Waals surface area contributed by atoms with Crippen molar-refractivity contribution in [1.82, 2.24) is 5.43 Å². The van der Waals surface area contributed by atoms with Crippen molar-refractivity contribution in [3.63, 3.8) is 0 Å². The quantitative estimate of drug-likeness (QED) is 0.785. The zero-order valence-corrected chi connectivity index (χ0v) is 10.9. The Labute approximate surface area is 103 Å². The van der Waals surface area contributed by atoms with E-state index in [0.29, 0.717) is 0 Å². The van der Waals surface area contributed by atoms with Crippen LogP contribution in [0.5, 0.6) is 0 Å². The summed E-state index contributed by atoms with van der Waals surface area (Å²) in [5.74, 6) is 0.0542. The zero-order chi connectivity index (χ0) is 12.4. The molecule has 17 heavy (non-hydrogen) atoms. The van der Waals surface area contributed by atoms with Gasteiger partial charge >= 0.3 is 0 Å². The minimum atomic E-state index is 0.0542. The van der Waals surface area contributed by atoms with Gasteiger partial charge in [-0.05, 0) is 54.4 Å². The highest BCUT2D eigenvalue weighted by molar-refractivity contribution is 5.65. The second-order valence-corrected chi connectivity index (χ2v) is 4.54. The average molecular weight is 236 g/mol. The molecule has 0 aliphatic heterocycles. The Hall–Kier alpha value is -1.09. The van der Waals surface area contributed by atoms with Gasteiger partial charge in [-0.15, -0.1) is 0 Å². The summed E-state index contributed by atoms with van der Waals surface area (Å²) in [6, 6.07) is 0. The molecule has 1 aromatic rings. The Morgan fingerprint density at radius 1 is 1.06 bits per heavy atom. The molecule has 1 aromatic carbocycles. The third-order valence-electron chi connectivity index (χ3n) is 3.67. The van der Waals surface area contributed by atoms with E-state index >= 15 is 0 Å². The van der Waals surface area contributed by atoms with Crippen molar-refractivity contribution in [2.75, 3.05) is 12.5 Å². The van der Waals surface area contributed by atoms with Crippen molar-refractivity contribution in [3.05, 3.63) is 28.1 Å². The number of hydrogen-bond acceptors (Lipinski definition) is 2. The Balaban J connectivity index is 2.67. The maximum absolute atomic E-state index is 14.4. The predicted octanol–water partition coefficient (Wildman–Crippen LogP) is 2.99. The van der Waals surface area contributed by atoms with Crippen molar-refractivity contribution >= 4 is 5.69 Å². The standard InChI is InChI=1S/C14H21FN2/c1-4-9-10(5-2)14(17-16-3)12-8-6-7-11(12)13(9)15/h16-17H,4-8H2,1-3H3. The van der Waals surface area contributed by atoms with Gasteiger partial charge in [0, 0.05) is 7.05 Å². The fraction of sp³-hybridized carbons (Fsp3) is 0.571. The molecule has 2 rings (SSSR count). The topological polar surface area (TPSA) is 24.1 Å². The van der Waals surface area contributed by atoms with E-state index in [2.05, 4.69) is 17.8 Å². The minimum absolute atomic E-state index is 0.0542. The minimum Gasteiger partial charge on any atom is -0.321 e. The summed E-state index contributed by atoms with van der Waals surface area (Å²) in [7, 11) is 1.86. The number of halogens is 1. The predicted molar refractivity (Wildman–Crippen MR) is 69.9 cm³/mol. The molecule has 0 saturated carbocycles. The Bertz CT molecular complexity index is 427. The first-order valence-electron chi connectivity index (χ1n) is 6.52. The van der Waals surface area contributed by atoms with Crippen LogP contribution < -0.4 is 10.9 Å². The molecule has 0 bridgehead atoms. The van der Waals surface area contributed by atoms with Gasteiger partial charge in [-0.25, -0.2) is 9.82 Å². The summed E-state index contributed by atoms with van der Waals surface area (Å²) < 4.78 is 14.4. The number of rotatable bonds is 4. The molecule has 0 amide bonds. The van der Waals surface area contributed by atoms with E-state index in [1.807, 2.05) is 14.0 Å². The van der Waals surface area contributed by atoms with Gasteiger partial charge in [-0.3, -0.25) is 0 Å². The van der Waals surface area contributed by atoms with Crippen LogP contribution in [0.1, 0.15) is 42.5 Å². The van der Waals surface area contributed by atoms with Crippen LogP contribution in [0.3, 0.4) is 0 Å². The fourth-order valence-electron chi connectivity index (χ4n) is 2.94. The first-order chi connectivity index (χ1) is 8.24. The SMILES string of the molecule is CCc1c(F)c2c(c(NNC)c1CC)CCC2. The zero-order valence-electron chi connectivity index (χ0n) is 10.9. The van der Waals surface area contributed by atoms with Crippen molar-refractivity contribution in [3.8, 4) is 0 Å². The summed E-state index contributed by atoms with van der Waals surface area (Å²) in [6.45, 7) is 4.12. The smallest absolute Gasteiger partial charge is 0.130 e. The van der Waals surface area contributed by atoms with Crippen molar-refractivity contribution in [2.45, 2.75) is 46.0 Å². The summed E-state index contributed by atoms with van der Waals surface area (Å²) in [5.41, 5.74) is 11.5. The molecule has 94 valence electrons. The van der Waals surface area contributed by atoms with Crippen LogP contribution in [0, 0.1) is 5.82 Å². The number of benzene rings is 1. The molecule has 0 radical (unpaired) electrons. The van der Waals surface area contributed by atoms with E-state index in [-0.39, 0.29) is 5.82 Å². The largest absolute Gasteiger partial charge is 0.321 e. The molecule has 3 heteroatoms. The van der Waals surface area contributed by atoms with Crippen LogP contribution in [-0.2, 0) is 25.7 Å². The Kier molecular flexibility index (Phi) is 3.67. The molecule has 0 saturated heterocycles. The third-order valence-corrected chi connectivity index (χ3v) is 3.67. The van der Waals surface area contributed by atoms with Crippen molar-refractivity contribution in [1.29, 1.82) is 0 Å². The fourth-order valence-corrected chi connectivity index (χ4v) is 2.94. The van der Waals surface area contributed by atoms with Crippen LogP contribution in [0.25, 0.3) is 0 Å². The average Bonchev–Trinajstić information content (AvgIpc) is 2.81. The van der Waals surface area contributed by atoms with Crippen LogP contribution in [0.2, 0.25) is 0 Å². The highest BCUT2D eigenvalue weighted by Crippen LogP contribution is 2.37. The molecule has 0 heterocycles. The first-order valence-corrected chi connectivity index (χ1v) is 6.52. The monoisotopic (exact) mass is 236 g/mol. The lowest BCUT2D eigenvalue weighted by molar-refractivity contribution is 0.594. The van der Waals surface area contributed by atoms with Gasteiger partial charge in [0.25, 0.3) is 0 Å². The number of hydrazine groups is 1. The lowest BCUT2D eigenvalue weighted by atomic mass is 9.93. The van der Waals surface area contributed by atoms with Crippen LogP contribution >= 0.6 is 0 Å². The summed E-state index contributed by atoms with van der Waals surface area (Å²) in [5, 5.41) is 0. The Morgan fingerprint density at radius 3 is 2.29 bits per heavy atom. The maximum atomic E-state index is 14.4. The van der Waals surface area contributed by atoms with Crippen LogP contribution in [0.15, 0.2) is 0 Å². The lowest BCUT2D eigenvalue weighted by Gasteiger charge is -2.20. The summed E-state index contributed by atoms with van der Waals surface area (Å²) in [4.78, 5) is 0. The van der Waals surface area contributed by atoms with Gasteiger partial charge in [-0.1, -0.05) is 13.8 Å². The van der Waals surface area contributed by atoms with Gasteiger partial charge in [0.05, 0.1) is 5.69 Å². The van der Waals surface area contributed by atoms with E-state index in [0.717, 1.165) is 54.5 Å². The molecule has 0 atom stereocenters. The molecule has 0 spiro atoms. The normalized spacial score (nSPS) is 13.9. The van der Waals surface area contributed by atoms with Crippen molar-refractivity contribution in [2.24, 2.45) is 0 Å². The molecule has 1 aliphatic carbocycles. The van der Waals surface area contributed by atoms with E-state index in [4.69, 9.17) is 0 Å². The number of anilines is 1. The third kappa shape index (κ3) is 1.93. The number of nitrogens with one attached hydrogen (secondary N) is 2. The molecule has 2 nitrogen and oxygen atoms in total. The van der Waals surface area contributed by atoms with Gasteiger partial charge in [-0.2, -0.15) is 0 Å².